The Balaban J connectivity index is 2.85. The average Bonchev–Trinajstić information content (AvgIpc) is 2.07. The quantitative estimate of drug-likeness (QED) is 0.530. The van der Waals surface area contributed by atoms with Gasteiger partial charge in [0.1, 0.15) is 8.96 Å². The fourth-order valence-corrected chi connectivity index (χ4v) is 1.10. The van der Waals surface area contributed by atoms with Crippen LogP contribution in [0.25, 0.3) is 0 Å². The molecule has 0 saturated heterocycles. The van der Waals surface area contributed by atoms with Crippen LogP contribution in [0.15, 0.2) is 35.1 Å². The lowest BCUT2D eigenvalue weighted by Crippen LogP contribution is -1.90. The fourth-order valence-electron chi connectivity index (χ4n) is 0.819. The lowest BCUT2D eigenvalue weighted by atomic mass is 10.1. The summed E-state index contributed by atoms with van der Waals surface area (Å²) in [4.78, 5) is 8.54. The van der Waals surface area contributed by atoms with Crippen molar-refractivity contribution in [3.8, 4) is 0 Å². The van der Waals surface area contributed by atoms with E-state index in [4.69, 9.17) is 4.89 Å². The minimum Gasteiger partial charge on any atom is -0.356 e. The van der Waals surface area contributed by atoms with Gasteiger partial charge < -0.3 is 4.89 Å². The molecule has 2 nitrogen and oxygen atoms in total. The maximum absolute atomic E-state index is 8.54. The molecule has 1 unspecified atom stereocenters. The second kappa shape index (κ2) is 4.22. The lowest BCUT2D eigenvalue weighted by molar-refractivity contribution is 0.647. The van der Waals surface area contributed by atoms with E-state index < -0.39 is 0 Å². The number of hydrogen-bond acceptors (Lipinski definition) is 2. The van der Waals surface area contributed by atoms with Crippen molar-refractivity contribution in [1.29, 1.82) is 0 Å². The third kappa shape index (κ3) is 2.41. The standard InChI is InChI=1S/C8H10NOP/c1-7(9-11-10)8-5-3-2-4-6-8/h2-6,10-11H,1H3. The molecule has 0 aliphatic carbocycles. The van der Waals surface area contributed by atoms with Crippen LogP contribution in [-0.4, -0.2) is 10.6 Å². The summed E-state index contributed by atoms with van der Waals surface area (Å²) in [6.07, 6.45) is 0. The Kier molecular flexibility index (Phi) is 3.21. The third-order valence-corrected chi connectivity index (χ3v) is 1.84. The van der Waals surface area contributed by atoms with Crippen LogP contribution >= 0.6 is 8.96 Å². The van der Waals surface area contributed by atoms with Gasteiger partial charge in [0.2, 0.25) is 0 Å². The molecule has 1 rings (SSSR count). The summed E-state index contributed by atoms with van der Waals surface area (Å²) in [6.45, 7) is 1.89. The van der Waals surface area contributed by atoms with Gasteiger partial charge in [-0.05, 0) is 12.5 Å². The summed E-state index contributed by atoms with van der Waals surface area (Å²) in [7, 11) is -0.348. The van der Waals surface area contributed by atoms with Crippen LogP contribution in [0.1, 0.15) is 12.5 Å². The maximum Gasteiger partial charge on any atom is 0.134 e. The van der Waals surface area contributed by atoms with Gasteiger partial charge in [-0.15, -0.1) is 0 Å². The van der Waals surface area contributed by atoms with E-state index in [-0.39, 0.29) is 8.96 Å². The molecule has 0 saturated carbocycles. The Morgan fingerprint density at radius 1 is 1.36 bits per heavy atom. The van der Waals surface area contributed by atoms with E-state index in [0.29, 0.717) is 0 Å². The van der Waals surface area contributed by atoms with Crippen molar-refractivity contribution in [2.75, 3.05) is 0 Å². The van der Waals surface area contributed by atoms with E-state index >= 15 is 0 Å². The number of rotatable bonds is 2. The molecule has 0 aliphatic heterocycles. The molecule has 1 aromatic rings. The Bertz CT molecular complexity index is 246. The van der Waals surface area contributed by atoms with Crippen molar-refractivity contribution in [2.45, 2.75) is 6.92 Å². The first-order valence-electron chi connectivity index (χ1n) is 3.33. The van der Waals surface area contributed by atoms with E-state index in [1.165, 1.54) is 0 Å². The molecule has 1 N–H and O–H groups in total. The molecule has 0 amide bonds. The molecule has 0 bridgehead atoms. The van der Waals surface area contributed by atoms with E-state index in [2.05, 4.69) is 4.76 Å². The largest absolute Gasteiger partial charge is 0.356 e. The molecule has 1 atom stereocenters. The average molecular weight is 167 g/mol. The monoisotopic (exact) mass is 167 g/mol. The second-order valence-electron chi connectivity index (χ2n) is 2.16. The van der Waals surface area contributed by atoms with Crippen LogP contribution in [0, 0.1) is 0 Å². The maximum atomic E-state index is 8.54. The van der Waals surface area contributed by atoms with Gasteiger partial charge in [-0.2, -0.15) is 0 Å². The number of benzene rings is 1. The molecule has 0 heterocycles. The zero-order chi connectivity index (χ0) is 8.10. The highest BCUT2D eigenvalue weighted by Gasteiger charge is 1.92. The Morgan fingerprint density at radius 2 is 2.00 bits per heavy atom. The van der Waals surface area contributed by atoms with E-state index in [9.17, 15) is 0 Å². The molecular weight excluding hydrogens is 157 g/mol. The highest BCUT2D eigenvalue weighted by atomic mass is 31.1. The number of hydrogen-bond donors (Lipinski definition) is 1. The summed E-state index contributed by atoms with van der Waals surface area (Å²) >= 11 is 0. The molecule has 0 aliphatic rings. The summed E-state index contributed by atoms with van der Waals surface area (Å²) in [6, 6.07) is 9.81. The van der Waals surface area contributed by atoms with E-state index in [1.54, 1.807) is 0 Å². The first-order valence-corrected chi connectivity index (χ1v) is 4.23. The summed E-state index contributed by atoms with van der Waals surface area (Å²) in [5.74, 6) is 0. The normalized spacial score (nSPS) is 12.7. The van der Waals surface area contributed by atoms with Crippen LogP contribution < -0.4 is 0 Å². The predicted molar refractivity (Wildman–Crippen MR) is 49.2 cm³/mol. The molecule has 0 aromatic heterocycles. The van der Waals surface area contributed by atoms with Crippen molar-refractivity contribution in [1.82, 2.24) is 0 Å². The predicted octanol–water partition coefficient (Wildman–Crippen LogP) is 2.00. The second-order valence-corrected chi connectivity index (χ2v) is 2.59. The topological polar surface area (TPSA) is 32.6 Å². The van der Waals surface area contributed by atoms with Gasteiger partial charge in [0, 0.05) is 5.71 Å². The minimum atomic E-state index is -0.348. The van der Waals surface area contributed by atoms with Crippen molar-refractivity contribution in [3.63, 3.8) is 0 Å². The Labute approximate surface area is 67.9 Å². The molecule has 11 heavy (non-hydrogen) atoms. The SMILES string of the molecule is CC(=NPO)c1ccccc1. The van der Waals surface area contributed by atoms with Gasteiger partial charge in [-0.3, -0.25) is 0 Å². The zero-order valence-electron chi connectivity index (χ0n) is 6.28. The lowest BCUT2D eigenvalue weighted by Gasteiger charge is -1.96. The van der Waals surface area contributed by atoms with Crippen molar-refractivity contribution in [2.24, 2.45) is 4.76 Å². The Morgan fingerprint density at radius 3 is 2.55 bits per heavy atom. The first kappa shape index (κ1) is 8.38. The smallest absolute Gasteiger partial charge is 0.134 e. The third-order valence-electron chi connectivity index (χ3n) is 1.41. The van der Waals surface area contributed by atoms with Crippen LogP contribution in [0.3, 0.4) is 0 Å². The zero-order valence-corrected chi connectivity index (χ0v) is 7.28. The van der Waals surface area contributed by atoms with Crippen LogP contribution in [0.5, 0.6) is 0 Å². The minimum absolute atomic E-state index is 0.348. The fraction of sp³-hybridized carbons (Fsp3) is 0.125. The van der Waals surface area contributed by atoms with Gasteiger partial charge >= 0.3 is 0 Å². The van der Waals surface area contributed by atoms with Gasteiger partial charge in [-0.25, -0.2) is 4.76 Å². The van der Waals surface area contributed by atoms with Crippen LogP contribution in [0.2, 0.25) is 0 Å². The molecule has 1 aromatic carbocycles. The van der Waals surface area contributed by atoms with Gasteiger partial charge in [0.25, 0.3) is 0 Å². The van der Waals surface area contributed by atoms with Crippen molar-refractivity contribution >= 4 is 14.7 Å². The molecule has 3 heteroatoms. The molecule has 58 valence electrons. The first-order chi connectivity index (χ1) is 5.34. The van der Waals surface area contributed by atoms with Gasteiger partial charge in [0.15, 0.2) is 0 Å². The molecular formula is C8H10NOP. The highest BCUT2D eigenvalue weighted by Crippen LogP contribution is 2.08. The van der Waals surface area contributed by atoms with Crippen molar-refractivity contribution in [3.05, 3.63) is 35.9 Å². The van der Waals surface area contributed by atoms with Gasteiger partial charge in [0.05, 0.1) is 0 Å². The van der Waals surface area contributed by atoms with E-state index in [0.717, 1.165) is 11.3 Å². The number of nitrogens with zero attached hydrogens (tertiary/aromatic N) is 1. The summed E-state index contributed by atoms with van der Waals surface area (Å²) < 4.78 is 3.89. The summed E-state index contributed by atoms with van der Waals surface area (Å²) in [5.41, 5.74) is 1.94. The molecule has 0 radical (unpaired) electrons. The van der Waals surface area contributed by atoms with Crippen molar-refractivity contribution < 1.29 is 4.89 Å². The molecule has 0 fully saturated rings. The molecule has 0 spiro atoms. The van der Waals surface area contributed by atoms with Crippen LogP contribution in [0.4, 0.5) is 0 Å². The summed E-state index contributed by atoms with van der Waals surface area (Å²) in [5, 5.41) is 0. The van der Waals surface area contributed by atoms with E-state index in [1.807, 2.05) is 37.3 Å². The van der Waals surface area contributed by atoms with Gasteiger partial charge in [-0.1, -0.05) is 30.3 Å². The highest BCUT2D eigenvalue weighted by molar-refractivity contribution is 7.29. The Hall–Kier alpha value is -0.720. The van der Waals surface area contributed by atoms with Crippen LogP contribution in [-0.2, 0) is 0 Å².